The highest BCUT2D eigenvalue weighted by Crippen LogP contribution is 2.29. The van der Waals surface area contributed by atoms with Gasteiger partial charge in [-0.25, -0.2) is 0 Å². The minimum absolute atomic E-state index is 0.172. The van der Waals surface area contributed by atoms with Gasteiger partial charge in [0, 0.05) is 13.1 Å². The van der Waals surface area contributed by atoms with Gasteiger partial charge in [0.25, 0.3) is 5.91 Å². The molecule has 0 bridgehead atoms. The Kier molecular flexibility index (Phi) is 8.90. The average molecular weight is 391 g/mol. The molecule has 1 aromatic rings. The lowest BCUT2D eigenvalue weighted by atomic mass is 10.1. The van der Waals surface area contributed by atoms with E-state index in [9.17, 15) is 22.8 Å². The van der Waals surface area contributed by atoms with Gasteiger partial charge in [-0.15, -0.1) is 0 Å². The number of esters is 1. The molecule has 152 valence electrons. The first-order chi connectivity index (χ1) is 12.7. The Morgan fingerprint density at radius 3 is 2.26 bits per heavy atom. The SMILES string of the molecule is CCOc1cc(CC(=O)OCC(F)(F)F)ccc1OCC(=O)N(CC)CC. The third kappa shape index (κ3) is 8.19. The van der Waals surface area contributed by atoms with Crippen LogP contribution in [0.25, 0.3) is 0 Å². The lowest BCUT2D eigenvalue weighted by Gasteiger charge is -2.19. The lowest BCUT2D eigenvalue weighted by Crippen LogP contribution is -2.34. The van der Waals surface area contributed by atoms with E-state index in [0.29, 0.717) is 36.8 Å². The van der Waals surface area contributed by atoms with E-state index in [4.69, 9.17) is 9.47 Å². The van der Waals surface area contributed by atoms with Crippen LogP contribution in [0.1, 0.15) is 26.3 Å². The Bertz CT molecular complexity index is 630. The Morgan fingerprint density at radius 2 is 1.70 bits per heavy atom. The van der Waals surface area contributed by atoms with E-state index in [0.717, 1.165) is 0 Å². The summed E-state index contributed by atoms with van der Waals surface area (Å²) in [5.41, 5.74) is 0.410. The summed E-state index contributed by atoms with van der Waals surface area (Å²) in [7, 11) is 0. The number of likely N-dealkylation sites (N-methyl/N-ethyl adjacent to an activating group) is 1. The van der Waals surface area contributed by atoms with Crippen LogP contribution in [-0.4, -0.2) is 55.9 Å². The Morgan fingerprint density at radius 1 is 1.04 bits per heavy atom. The number of ether oxygens (including phenoxy) is 3. The first kappa shape index (κ1) is 22.6. The van der Waals surface area contributed by atoms with Crippen molar-refractivity contribution >= 4 is 11.9 Å². The Labute approximate surface area is 156 Å². The quantitative estimate of drug-likeness (QED) is 0.574. The molecule has 0 atom stereocenters. The maximum Gasteiger partial charge on any atom is 0.422 e. The molecule has 0 heterocycles. The molecule has 0 N–H and O–H groups in total. The van der Waals surface area contributed by atoms with Crippen LogP contribution >= 0.6 is 0 Å². The highest BCUT2D eigenvalue weighted by Gasteiger charge is 2.29. The van der Waals surface area contributed by atoms with Crippen molar-refractivity contribution in [2.75, 3.05) is 32.9 Å². The largest absolute Gasteiger partial charge is 0.490 e. The van der Waals surface area contributed by atoms with Crippen molar-refractivity contribution in [1.82, 2.24) is 4.90 Å². The zero-order valence-electron chi connectivity index (χ0n) is 15.6. The molecule has 0 aliphatic heterocycles. The number of amides is 1. The van der Waals surface area contributed by atoms with Crippen molar-refractivity contribution in [3.63, 3.8) is 0 Å². The third-order valence-corrected chi connectivity index (χ3v) is 3.52. The molecular weight excluding hydrogens is 367 g/mol. The second-order valence-corrected chi connectivity index (χ2v) is 5.52. The van der Waals surface area contributed by atoms with Gasteiger partial charge in [0.05, 0.1) is 13.0 Å². The van der Waals surface area contributed by atoms with E-state index in [1.807, 2.05) is 13.8 Å². The number of hydrogen-bond donors (Lipinski definition) is 0. The lowest BCUT2D eigenvalue weighted by molar-refractivity contribution is -0.185. The normalized spacial score (nSPS) is 11.0. The van der Waals surface area contributed by atoms with Gasteiger partial charge in [0.2, 0.25) is 0 Å². The first-order valence-corrected chi connectivity index (χ1v) is 8.58. The number of nitrogens with zero attached hydrogens (tertiary/aromatic N) is 1. The van der Waals surface area contributed by atoms with Crippen LogP contribution in [0.15, 0.2) is 18.2 Å². The summed E-state index contributed by atoms with van der Waals surface area (Å²) in [5.74, 6) is -0.571. The van der Waals surface area contributed by atoms with Gasteiger partial charge in [-0.2, -0.15) is 13.2 Å². The standard InChI is InChI=1S/C18H24F3NO5/c1-4-22(5-2)16(23)11-26-14-8-7-13(9-15(14)25-6-3)10-17(24)27-12-18(19,20)21/h7-9H,4-6,10-12H2,1-3H3. The molecule has 1 rings (SSSR count). The summed E-state index contributed by atoms with van der Waals surface area (Å²) < 4.78 is 51.4. The van der Waals surface area contributed by atoms with E-state index in [-0.39, 0.29) is 18.9 Å². The second kappa shape index (κ2) is 10.6. The van der Waals surface area contributed by atoms with E-state index in [1.54, 1.807) is 11.8 Å². The Hall–Kier alpha value is -2.45. The predicted molar refractivity (Wildman–Crippen MR) is 91.8 cm³/mol. The molecule has 0 radical (unpaired) electrons. The molecule has 9 heteroatoms. The number of rotatable bonds is 10. The monoisotopic (exact) mass is 391 g/mol. The molecule has 1 aromatic carbocycles. The summed E-state index contributed by atoms with van der Waals surface area (Å²) in [6.45, 7) is 5.11. The maximum absolute atomic E-state index is 12.1. The highest BCUT2D eigenvalue weighted by atomic mass is 19.4. The summed E-state index contributed by atoms with van der Waals surface area (Å²) in [6, 6.07) is 4.50. The summed E-state index contributed by atoms with van der Waals surface area (Å²) in [5, 5.41) is 0. The molecule has 6 nitrogen and oxygen atoms in total. The van der Waals surface area contributed by atoms with E-state index in [2.05, 4.69) is 4.74 Å². The zero-order valence-corrected chi connectivity index (χ0v) is 15.6. The summed E-state index contributed by atoms with van der Waals surface area (Å²) >= 11 is 0. The number of halogens is 3. The van der Waals surface area contributed by atoms with Crippen LogP contribution in [-0.2, 0) is 20.7 Å². The average Bonchev–Trinajstić information content (AvgIpc) is 2.60. The van der Waals surface area contributed by atoms with Crippen LogP contribution in [0.4, 0.5) is 13.2 Å². The van der Waals surface area contributed by atoms with Crippen LogP contribution in [0.2, 0.25) is 0 Å². The van der Waals surface area contributed by atoms with Crippen molar-refractivity contribution in [1.29, 1.82) is 0 Å². The van der Waals surface area contributed by atoms with Crippen molar-refractivity contribution in [3.8, 4) is 11.5 Å². The molecular formula is C18H24F3NO5. The Balaban J connectivity index is 2.76. The predicted octanol–water partition coefficient (Wildman–Crippen LogP) is 2.98. The van der Waals surface area contributed by atoms with Crippen molar-refractivity contribution in [2.24, 2.45) is 0 Å². The summed E-state index contributed by atoms with van der Waals surface area (Å²) in [4.78, 5) is 25.2. The van der Waals surface area contributed by atoms with E-state index >= 15 is 0 Å². The fourth-order valence-electron chi connectivity index (χ4n) is 2.24. The van der Waals surface area contributed by atoms with Crippen molar-refractivity contribution < 1.29 is 37.0 Å². The fourth-order valence-corrected chi connectivity index (χ4v) is 2.24. The minimum atomic E-state index is -4.57. The van der Waals surface area contributed by atoms with Gasteiger partial charge in [-0.05, 0) is 38.5 Å². The molecule has 0 spiro atoms. The topological polar surface area (TPSA) is 65.1 Å². The van der Waals surface area contributed by atoms with Gasteiger partial charge < -0.3 is 19.1 Å². The van der Waals surface area contributed by atoms with Crippen LogP contribution < -0.4 is 9.47 Å². The maximum atomic E-state index is 12.1. The molecule has 0 unspecified atom stereocenters. The van der Waals surface area contributed by atoms with Crippen molar-refractivity contribution in [2.45, 2.75) is 33.4 Å². The van der Waals surface area contributed by atoms with Gasteiger partial charge >= 0.3 is 12.1 Å². The molecule has 27 heavy (non-hydrogen) atoms. The minimum Gasteiger partial charge on any atom is -0.490 e. The van der Waals surface area contributed by atoms with Gasteiger partial charge in [-0.1, -0.05) is 6.07 Å². The molecule has 0 saturated carbocycles. The van der Waals surface area contributed by atoms with Crippen LogP contribution in [0.3, 0.4) is 0 Å². The smallest absolute Gasteiger partial charge is 0.422 e. The number of alkyl halides is 3. The molecule has 0 aromatic heterocycles. The molecule has 0 saturated heterocycles. The first-order valence-electron chi connectivity index (χ1n) is 8.58. The third-order valence-electron chi connectivity index (χ3n) is 3.52. The van der Waals surface area contributed by atoms with Gasteiger partial charge in [0.15, 0.2) is 24.7 Å². The highest BCUT2D eigenvalue weighted by molar-refractivity contribution is 5.78. The molecule has 0 aliphatic rings. The fraction of sp³-hybridized carbons (Fsp3) is 0.556. The molecule has 1 amide bonds. The van der Waals surface area contributed by atoms with Crippen LogP contribution in [0, 0.1) is 0 Å². The van der Waals surface area contributed by atoms with Crippen molar-refractivity contribution in [3.05, 3.63) is 23.8 Å². The van der Waals surface area contributed by atoms with E-state index in [1.165, 1.54) is 18.2 Å². The molecule has 0 aliphatic carbocycles. The van der Waals surface area contributed by atoms with Crippen LogP contribution in [0.5, 0.6) is 11.5 Å². The number of carbonyl (C=O) groups is 2. The zero-order chi connectivity index (χ0) is 20.4. The van der Waals surface area contributed by atoms with E-state index < -0.39 is 18.8 Å². The molecule has 0 fully saturated rings. The van der Waals surface area contributed by atoms with Gasteiger partial charge in [0.1, 0.15) is 0 Å². The number of benzene rings is 1. The summed E-state index contributed by atoms with van der Waals surface area (Å²) in [6.07, 6.45) is -4.91. The second-order valence-electron chi connectivity index (χ2n) is 5.52. The van der Waals surface area contributed by atoms with Gasteiger partial charge in [-0.3, -0.25) is 9.59 Å². The number of hydrogen-bond acceptors (Lipinski definition) is 5. The number of carbonyl (C=O) groups excluding carboxylic acids is 2.